The summed E-state index contributed by atoms with van der Waals surface area (Å²) < 4.78 is 5.78. The van der Waals surface area contributed by atoms with Crippen LogP contribution in [-0.4, -0.2) is 47.0 Å². The SMILES string of the molecule is C[C@@H](C(=O)N1CCCN(c2nc3cccnc3o2)CC1)c1ccccc1. The summed E-state index contributed by atoms with van der Waals surface area (Å²) in [5, 5.41) is 0. The van der Waals surface area contributed by atoms with Crippen molar-refractivity contribution in [3.63, 3.8) is 0 Å². The fourth-order valence-electron chi connectivity index (χ4n) is 3.38. The topological polar surface area (TPSA) is 62.5 Å². The van der Waals surface area contributed by atoms with E-state index in [0.29, 0.717) is 24.8 Å². The Kier molecular flexibility index (Phi) is 4.56. The van der Waals surface area contributed by atoms with Gasteiger partial charge in [0.1, 0.15) is 5.52 Å². The van der Waals surface area contributed by atoms with Crippen molar-refractivity contribution in [2.75, 3.05) is 31.1 Å². The van der Waals surface area contributed by atoms with Crippen LogP contribution >= 0.6 is 0 Å². The molecule has 0 aliphatic carbocycles. The third-order valence-electron chi connectivity index (χ3n) is 4.90. The molecule has 1 amide bonds. The van der Waals surface area contributed by atoms with Gasteiger partial charge in [0.2, 0.25) is 11.6 Å². The molecule has 134 valence electrons. The molecule has 3 heterocycles. The molecule has 6 nitrogen and oxygen atoms in total. The van der Waals surface area contributed by atoms with Crippen LogP contribution in [0.5, 0.6) is 0 Å². The number of carbonyl (C=O) groups excluding carboxylic acids is 1. The number of nitrogens with zero attached hydrogens (tertiary/aromatic N) is 4. The van der Waals surface area contributed by atoms with Gasteiger partial charge in [0, 0.05) is 32.4 Å². The minimum Gasteiger partial charge on any atom is -0.404 e. The lowest BCUT2D eigenvalue weighted by Gasteiger charge is -2.24. The molecule has 0 saturated carbocycles. The standard InChI is InChI=1S/C20H22N4O2/c1-15(16-7-3-2-4-8-16)19(25)23-11-6-12-24(14-13-23)20-22-17-9-5-10-21-18(17)26-20/h2-5,7-10,15H,6,11-14H2,1H3/t15-/m1/s1. The van der Waals surface area contributed by atoms with Gasteiger partial charge in [-0.05, 0) is 31.0 Å². The summed E-state index contributed by atoms with van der Waals surface area (Å²) in [6, 6.07) is 14.3. The zero-order valence-electron chi connectivity index (χ0n) is 14.8. The van der Waals surface area contributed by atoms with Gasteiger partial charge in [-0.2, -0.15) is 4.98 Å². The van der Waals surface area contributed by atoms with Crippen LogP contribution in [0.3, 0.4) is 0 Å². The number of fused-ring (bicyclic) bond motifs is 1. The molecular weight excluding hydrogens is 328 g/mol. The van der Waals surface area contributed by atoms with Gasteiger partial charge in [0.05, 0.1) is 5.92 Å². The minimum atomic E-state index is -0.128. The van der Waals surface area contributed by atoms with Crippen molar-refractivity contribution in [3.05, 3.63) is 54.2 Å². The first-order valence-electron chi connectivity index (χ1n) is 9.02. The molecule has 0 N–H and O–H groups in total. The number of hydrogen-bond acceptors (Lipinski definition) is 5. The Labute approximate surface area is 152 Å². The number of aromatic nitrogens is 2. The lowest BCUT2D eigenvalue weighted by molar-refractivity contribution is -0.132. The second-order valence-electron chi connectivity index (χ2n) is 6.62. The van der Waals surface area contributed by atoms with Crippen LogP contribution in [0.4, 0.5) is 6.01 Å². The van der Waals surface area contributed by atoms with E-state index < -0.39 is 0 Å². The highest BCUT2D eigenvalue weighted by atomic mass is 16.4. The second-order valence-corrected chi connectivity index (χ2v) is 6.62. The predicted molar refractivity (Wildman–Crippen MR) is 100 cm³/mol. The molecule has 3 aromatic rings. The van der Waals surface area contributed by atoms with Gasteiger partial charge in [-0.25, -0.2) is 4.98 Å². The van der Waals surface area contributed by atoms with Crippen molar-refractivity contribution in [1.82, 2.24) is 14.9 Å². The largest absolute Gasteiger partial charge is 0.404 e. The van der Waals surface area contributed by atoms with Gasteiger partial charge in [-0.1, -0.05) is 30.3 Å². The van der Waals surface area contributed by atoms with Crippen LogP contribution in [0, 0.1) is 0 Å². The number of pyridine rings is 1. The molecule has 26 heavy (non-hydrogen) atoms. The summed E-state index contributed by atoms with van der Waals surface area (Å²) in [7, 11) is 0. The number of rotatable bonds is 3. The molecular formula is C20H22N4O2. The fraction of sp³-hybridized carbons (Fsp3) is 0.350. The van der Waals surface area contributed by atoms with Crippen LogP contribution in [0.1, 0.15) is 24.8 Å². The van der Waals surface area contributed by atoms with Gasteiger partial charge >= 0.3 is 0 Å². The van der Waals surface area contributed by atoms with Crippen LogP contribution in [0.25, 0.3) is 11.2 Å². The summed E-state index contributed by atoms with van der Waals surface area (Å²) in [5.74, 6) is 0.0496. The first kappa shape index (κ1) is 16.6. The fourth-order valence-corrected chi connectivity index (χ4v) is 3.38. The van der Waals surface area contributed by atoms with E-state index in [1.54, 1.807) is 6.20 Å². The summed E-state index contributed by atoms with van der Waals surface area (Å²) in [4.78, 5) is 25.7. The van der Waals surface area contributed by atoms with Crippen molar-refractivity contribution >= 4 is 23.2 Å². The normalized spacial score (nSPS) is 16.5. The lowest BCUT2D eigenvalue weighted by atomic mass is 10.00. The maximum absolute atomic E-state index is 12.9. The summed E-state index contributed by atoms with van der Waals surface area (Å²) >= 11 is 0. The van der Waals surface area contributed by atoms with Crippen LogP contribution < -0.4 is 4.90 Å². The van der Waals surface area contributed by atoms with Crippen molar-refractivity contribution in [3.8, 4) is 0 Å². The Morgan fingerprint density at radius 3 is 2.73 bits per heavy atom. The molecule has 2 aromatic heterocycles. The quantitative estimate of drug-likeness (QED) is 0.726. The lowest BCUT2D eigenvalue weighted by Crippen LogP contribution is -2.37. The van der Waals surface area contributed by atoms with Crippen molar-refractivity contribution in [2.45, 2.75) is 19.3 Å². The zero-order valence-corrected chi connectivity index (χ0v) is 14.8. The number of carbonyl (C=O) groups is 1. The molecule has 1 aromatic carbocycles. The van der Waals surface area contributed by atoms with Crippen LogP contribution in [-0.2, 0) is 4.79 Å². The highest BCUT2D eigenvalue weighted by Gasteiger charge is 2.25. The number of benzene rings is 1. The van der Waals surface area contributed by atoms with Crippen molar-refractivity contribution in [2.24, 2.45) is 0 Å². The Morgan fingerprint density at radius 1 is 1.08 bits per heavy atom. The number of anilines is 1. The third-order valence-corrected chi connectivity index (χ3v) is 4.90. The van der Waals surface area contributed by atoms with Crippen LogP contribution in [0.15, 0.2) is 53.1 Å². The molecule has 0 spiro atoms. The maximum atomic E-state index is 12.9. The van der Waals surface area contributed by atoms with Gasteiger partial charge in [-0.3, -0.25) is 4.79 Å². The monoisotopic (exact) mass is 350 g/mol. The van der Waals surface area contributed by atoms with E-state index in [4.69, 9.17) is 4.42 Å². The van der Waals surface area contributed by atoms with Gasteiger partial charge < -0.3 is 14.2 Å². The molecule has 1 atom stereocenters. The molecule has 1 saturated heterocycles. The van der Waals surface area contributed by atoms with E-state index in [1.807, 2.05) is 54.3 Å². The van der Waals surface area contributed by atoms with Gasteiger partial charge in [-0.15, -0.1) is 0 Å². The van der Waals surface area contributed by atoms with Gasteiger partial charge in [0.15, 0.2) is 0 Å². The molecule has 4 rings (SSSR count). The molecule has 0 unspecified atom stereocenters. The van der Waals surface area contributed by atoms with Crippen LogP contribution in [0.2, 0.25) is 0 Å². The Hall–Kier alpha value is -2.89. The molecule has 0 radical (unpaired) electrons. The number of hydrogen-bond donors (Lipinski definition) is 0. The summed E-state index contributed by atoms with van der Waals surface area (Å²) in [6.45, 7) is 4.93. The highest BCUT2D eigenvalue weighted by Crippen LogP contribution is 2.23. The Morgan fingerprint density at radius 2 is 1.92 bits per heavy atom. The minimum absolute atomic E-state index is 0.128. The third kappa shape index (κ3) is 3.27. The maximum Gasteiger partial charge on any atom is 0.299 e. The Bertz CT molecular complexity index is 860. The Balaban J connectivity index is 1.45. The predicted octanol–water partition coefficient (Wildman–Crippen LogP) is 3.07. The average molecular weight is 350 g/mol. The van der Waals surface area contributed by atoms with E-state index in [2.05, 4.69) is 14.9 Å². The summed E-state index contributed by atoms with van der Waals surface area (Å²) in [6.07, 6.45) is 2.59. The molecule has 0 bridgehead atoms. The van der Waals surface area contributed by atoms with E-state index in [0.717, 1.165) is 30.6 Å². The second kappa shape index (κ2) is 7.15. The first-order valence-corrected chi connectivity index (χ1v) is 9.02. The van der Waals surface area contributed by atoms with E-state index >= 15 is 0 Å². The van der Waals surface area contributed by atoms with E-state index in [9.17, 15) is 4.79 Å². The molecule has 1 fully saturated rings. The molecule has 6 heteroatoms. The van der Waals surface area contributed by atoms with Gasteiger partial charge in [0.25, 0.3) is 6.01 Å². The molecule has 1 aliphatic heterocycles. The smallest absolute Gasteiger partial charge is 0.299 e. The first-order chi connectivity index (χ1) is 12.7. The molecule has 1 aliphatic rings. The number of oxazole rings is 1. The highest BCUT2D eigenvalue weighted by molar-refractivity contribution is 5.83. The summed E-state index contributed by atoms with van der Waals surface area (Å²) in [5.41, 5.74) is 2.37. The van der Waals surface area contributed by atoms with E-state index in [-0.39, 0.29) is 11.8 Å². The number of amides is 1. The van der Waals surface area contributed by atoms with Crippen molar-refractivity contribution < 1.29 is 9.21 Å². The average Bonchev–Trinajstić information content (AvgIpc) is 2.97. The van der Waals surface area contributed by atoms with Crippen molar-refractivity contribution in [1.29, 1.82) is 0 Å². The van der Waals surface area contributed by atoms with E-state index in [1.165, 1.54) is 0 Å². The zero-order chi connectivity index (χ0) is 17.9.